The minimum atomic E-state index is 0.722. The van der Waals surface area contributed by atoms with E-state index in [0.717, 1.165) is 29.4 Å². The highest BCUT2D eigenvalue weighted by atomic mass is 16.5. The molecular formula is C12H15N3O. The standard InChI is InChI=1S/C12H15N3O/c1-9-14-5-6-15(9)8-10-7-11(13)3-4-12(10)16-2/h3-7H,8,13H2,1-2H3. The third kappa shape index (κ3) is 2.00. The Morgan fingerprint density at radius 3 is 2.88 bits per heavy atom. The van der Waals surface area contributed by atoms with Crippen molar-refractivity contribution in [3.05, 3.63) is 42.0 Å². The summed E-state index contributed by atoms with van der Waals surface area (Å²) in [6.07, 6.45) is 3.73. The third-order valence-electron chi connectivity index (χ3n) is 2.57. The van der Waals surface area contributed by atoms with Crippen LogP contribution in [0.3, 0.4) is 0 Å². The maximum atomic E-state index is 5.77. The van der Waals surface area contributed by atoms with Crippen LogP contribution in [0.15, 0.2) is 30.6 Å². The van der Waals surface area contributed by atoms with Crippen LogP contribution in [0.2, 0.25) is 0 Å². The number of aromatic nitrogens is 2. The number of nitrogen functional groups attached to an aromatic ring is 1. The number of aryl methyl sites for hydroxylation is 1. The molecule has 0 saturated carbocycles. The Kier molecular flexibility index (Phi) is 2.81. The molecule has 0 bridgehead atoms. The summed E-state index contributed by atoms with van der Waals surface area (Å²) < 4.78 is 7.35. The molecule has 0 fully saturated rings. The van der Waals surface area contributed by atoms with E-state index in [1.54, 1.807) is 13.3 Å². The van der Waals surface area contributed by atoms with Crippen molar-refractivity contribution in [2.75, 3.05) is 12.8 Å². The Morgan fingerprint density at radius 1 is 1.44 bits per heavy atom. The monoisotopic (exact) mass is 217 g/mol. The summed E-state index contributed by atoms with van der Waals surface area (Å²) in [6, 6.07) is 5.65. The van der Waals surface area contributed by atoms with Crippen LogP contribution in [-0.4, -0.2) is 16.7 Å². The zero-order chi connectivity index (χ0) is 11.5. The average molecular weight is 217 g/mol. The fraction of sp³-hybridized carbons (Fsp3) is 0.250. The Bertz CT molecular complexity index is 491. The molecule has 1 heterocycles. The van der Waals surface area contributed by atoms with Gasteiger partial charge in [0.2, 0.25) is 0 Å². The van der Waals surface area contributed by atoms with Gasteiger partial charge in [0.05, 0.1) is 13.7 Å². The van der Waals surface area contributed by atoms with Crippen molar-refractivity contribution in [2.45, 2.75) is 13.5 Å². The predicted octanol–water partition coefficient (Wildman–Crippen LogP) is 1.83. The van der Waals surface area contributed by atoms with Crippen LogP contribution in [0.25, 0.3) is 0 Å². The number of nitrogens with two attached hydrogens (primary N) is 1. The third-order valence-corrected chi connectivity index (χ3v) is 2.57. The maximum Gasteiger partial charge on any atom is 0.124 e. The first-order valence-electron chi connectivity index (χ1n) is 5.11. The van der Waals surface area contributed by atoms with Crippen molar-refractivity contribution < 1.29 is 4.74 Å². The van der Waals surface area contributed by atoms with Crippen molar-refractivity contribution >= 4 is 5.69 Å². The van der Waals surface area contributed by atoms with E-state index >= 15 is 0 Å². The molecule has 1 aromatic carbocycles. The lowest BCUT2D eigenvalue weighted by atomic mass is 10.1. The van der Waals surface area contributed by atoms with E-state index < -0.39 is 0 Å². The lowest BCUT2D eigenvalue weighted by Gasteiger charge is -2.11. The van der Waals surface area contributed by atoms with Gasteiger partial charge in [-0.2, -0.15) is 0 Å². The number of hydrogen-bond acceptors (Lipinski definition) is 3. The normalized spacial score (nSPS) is 10.4. The lowest BCUT2D eigenvalue weighted by Crippen LogP contribution is -2.03. The van der Waals surface area contributed by atoms with Gasteiger partial charge in [-0.05, 0) is 25.1 Å². The number of nitrogens with zero attached hydrogens (tertiary/aromatic N) is 2. The molecule has 16 heavy (non-hydrogen) atoms. The first-order valence-corrected chi connectivity index (χ1v) is 5.11. The highest BCUT2D eigenvalue weighted by molar-refractivity contribution is 5.48. The SMILES string of the molecule is COc1ccc(N)cc1Cn1ccnc1C. The molecule has 0 aliphatic heterocycles. The summed E-state index contributed by atoms with van der Waals surface area (Å²) in [7, 11) is 1.66. The molecular weight excluding hydrogens is 202 g/mol. The molecule has 0 saturated heterocycles. The van der Waals surface area contributed by atoms with Gasteiger partial charge in [-0.25, -0.2) is 4.98 Å². The molecule has 0 aliphatic carbocycles. The van der Waals surface area contributed by atoms with Gasteiger partial charge >= 0.3 is 0 Å². The van der Waals surface area contributed by atoms with E-state index in [0.29, 0.717) is 0 Å². The highest BCUT2D eigenvalue weighted by Crippen LogP contribution is 2.22. The number of anilines is 1. The molecule has 1 aromatic heterocycles. The zero-order valence-electron chi connectivity index (χ0n) is 9.47. The van der Waals surface area contributed by atoms with Crippen molar-refractivity contribution in [1.82, 2.24) is 9.55 Å². The molecule has 2 aromatic rings. The summed E-state index contributed by atoms with van der Waals surface area (Å²) in [5.74, 6) is 1.83. The van der Waals surface area contributed by atoms with Crippen LogP contribution >= 0.6 is 0 Å². The topological polar surface area (TPSA) is 53.1 Å². The molecule has 2 N–H and O–H groups in total. The Balaban J connectivity index is 2.33. The molecule has 2 rings (SSSR count). The minimum absolute atomic E-state index is 0.722. The van der Waals surface area contributed by atoms with Crippen LogP contribution in [-0.2, 0) is 6.54 Å². The summed E-state index contributed by atoms with van der Waals surface area (Å²) in [4.78, 5) is 4.18. The average Bonchev–Trinajstić information content (AvgIpc) is 2.65. The summed E-state index contributed by atoms with van der Waals surface area (Å²) in [6.45, 7) is 2.69. The van der Waals surface area contributed by atoms with E-state index in [1.807, 2.05) is 31.3 Å². The first kappa shape index (κ1) is 10.5. The van der Waals surface area contributed by atoms with Crippen molar-refractivity contribution in [2.24, 2.45) is 0 Å². The smallest absolute Gasteiger partial charge is 0.124 e. The molecule has 4 nitrogen and oxygen atoms in total. The van der Waals surface area contributed by atoms with Crippen LogP contribution in [0.4, 0.5) is 5.69 Å². The first-order chi connectivity index (χ1) is 7.70. The second-order valence-electron chi connectivity index (χ2n) is 3.67. The molecule has 0 unspecified atom stereocenters. The number of imidazole rings is 1. The summed E-state index contributed by atoms with van der Waals surface area (Å²) >= 11 is 0. The van der Waals surface area contributed by atoms with Gasteiger partial charge in [-0.3, -0.25) is 0 Å². The molecule has 0 aliphatic rings. The van der Waals surface area contributed by atoms with Gasteiger partial charge in [0.25, 0.3) is 0 Å². The molecule has 0 spiro atoms. The summed E-state index contributed by atoms with van der Waals surface area (Å²) in [5.41, 5.74) is 7.57. The van der Waals surface area contributed by atoms with Gasteiger partial charge in [-0.1, -0.05) is 0 Å². The quantitative estimate of drug-likeness (QED) is 0.798. The summed E-state index contributed by atoms with van der Waals surface area (Å²) in [5, 5.41) is 0. The fourth-order valence-corrected chi connectivity index (χ4v) is 1.68. The predicted molar refractivity (Wildman–Crippen MR) is 63.5 cm³/mol. The largest absolute Gasteiger partial charge is 0.496 e. The molecule has 0 radical (unpaired) electrons. The highest BCUT2D eigenvalue weighted by Gasteiger charge is 2.05. The van der Waals surface area contributed by atoms with E-state index in [9.17, 15) is 0 Å². The Hall–Kier alpha value is -1.97. The van der Waals surface area contributed by atoms with Crippen LogP contribution in [0.1, 0.15) is 11.4 Å². The second kappa shape index (κ2) is 4.26. The van der Waals surface area contributed by atoms with Gasteiger partial charge in [0, 0.05) is 23.6 Å². The lowest BCUT2D eigenvalue weighted by molar-refractivity contribution is 0.408. The van der Waals surface area contributed by atoms with Crippen LogP contribution in [0.5, 0.6) is 5.75 Å². The molecule has 84 valence electrons. The van der Waals surface area contributed by atoms with E-state index in [2.05, 4.69) is 9.55 Å². The second-order valence-corrected chi connectivity index (χ2v) is 3.67. The fourth-order valence-electron chi connectivity index (χ4n) is 1.68. The van der Waals surface area contributed by atoms with E-state index in [-0.39, 0.29) is 0 Å². The van der Waals surface area contributed by atoms with Crippen molar-refractivity contribution in [3.63, 3.8) is 0 Å². The van der Waals surface area contributed by atoms with E-state index in [1.165, 1.54) is 0 Å². The number of hydrogen-bond donors (Lipinski definition) is 1. The number of benzene rings is 1. The van der Waals surface area contributed by atoms with Crippen LogP contribution in [0, 0.1) is 6.92 Å². The maximum absolute atomic E-state index is 5.77. The van der Waals surface area contributed by atoms with Gasteiger partial charge < -0.3 is 15.0 Å². The van der Waals surface area contributed by atoms with Crippen molar-refractivity contribution in [3.8, 4) is 5.75 Å². The molecule has 4 heteroatoms. The van der Waals surface area contributed by atoms with Crippen LogP contribution < -0.4 is 10.5 Å². The van der Waals surface area contributed by atoms with Gasteiger partial charge in [-0.15, -0.1) is 0 Å². The number of rotatable bonds is 3. The number of methoxy groups -OCH3 is 1. The van der Waals surface area contributed by atoms with Crippen molar-refractivity contribution in [1.29, 1.82) is 0 Å². The van der Waals surface area contributed by atoms with Gasteiger partial charge in [0.1, 0.15) is 11.6 Å². The minimum Gasteiger partial charge on any atom is -0.496 e. The Morgan fingerprint density at radius 2 is 2.25 bits per heavy atom. The molecule has 0 atom stereocenters. The Labute approximate surface area is 94.7 Å². The number of ether oxygens (including phenoxy) is 1. The van der Waals surface area contributed by atoms with Gasteiger partial charge in [0.15, 0.2) is 0 Å². The zero-order valence-corrected chi connectivity index (χ0v) is 9.47. The van der Waals surface area contributed by atoms with E-state index in [4.69, 9.17) is 10.5 Å². The molecule has 0 amide bonds.